The summed E-state index contributed by atoms with van der Waals surface area (Å²) in [4.78, 5) is 11.9. The van der Waals surface area contributed by atoms with Crippen molar-refractivity contribution in [1.29, 1.82) is 0 Å². The number of fused-ring (bicyclic) bond motifs is 1. The van der Waals surface area contributed by atoms with E-state index in [1.165, 1.54) is 41.3 Å². The molecule has 21 nitrogen and oxygen atoms in total. The summed E-state index contributed by atoms with van der Waals surface area (Å²) in [6.45, 7) is 4.54. The molecule has 0 aliphatic heterocycles. The molecule has 0 saturated carbocycles. The molecule has 0 aliphatic rings. The van der Waals surface area contributed by atoms with Crippen LogP contribution in [0.2, 0.25) is 5.28 Å². The minimum atomic E-state index is -5.33. The van der Waals surface area contributed by atoms with Crippen molar-refractivity contribution in [2.45, 2.75) is 26.5 Å². The van der Waals surface area contributed by atoms with Crippen LogP contribution in [0.25, 0.3) is 10.8 Å². The third-order valence-corrected chi connectivity index (χ3v) is 12.7. The molecule has 4 aromatic carbocycles. The molecule has 0 saturated heterocycles. The second-order valence-corrected chi connectivity index (χ2v) is 19.0. The predicted octanol–water partition coefficient (Wildman–Crippen LogP) is 5.04. The first-order valence-electron chi connectivity index (χ1n) is 15.8. The second-order valence-electron chi connectivity index (χ2n) is 11.4. The Morgan fingerprint density at radius 1 is 0.897 bits per heavy atom. The van der Waals surface area contributed by atoms with Crippen LogP contribution in [0.4, 0.5) is 34.6 Å². The fraction of sp³-hybridized carbons (Fsp3) is 0.129. The van der Waals surface area contributed by atoms with Gasteiger partial charge in [-0.1, -0.05) is 18.7 Å². The standard InChI is InChI=1S/C31H28ClN7O14S5/c1-3-39(19-8-6-9-20(16-19)54(41)14-13-53-58(50,51)52)31-35-29(32)34-30(36-31)33-23-11-12-24(56(44,45)46)22-17-25(57(47,48)49)27(28(40)26(22)23)38-37-18-7-5-10-21(15-18)55(42,43)4-2/h4-12,15-17,40H,2-3,13-14H2,1H3,(H,44,45,46)(H,47,48,49)(H,50,51,52)(H,33,34,35,36). The van der Waals surface area contributed by atoms with Crippen LogP contribution in [-0.2, 0) is 55.5 Å². The maximum atomic E-state index is 12.8. The summed E-state index contributed by atoms with van der Waals surface area (Å²) >= 11 is 6.27. The number of phenolic OH excluding ortho intramolecular Hbond substituents is 1. The Morgan fingerprint density at radius 2 is 1.59 bits per heavy atom. The molecular weight excluding hydrogens is 890 g/mol. The Labute approximate surface area is 338 Å². The summed E-state index contributed by atoms with van der Waals surface area (Å²) in [5, 5.41) is 21.0. The van der Waals surface area contributed by atoms with Gasteiger partial charge in [-0.2, -0.15) is 45.3 Å². The number of nitrogens with one attached hydrogen (secondary N) is 1. The van der Waals surface area contributed by atoms with Crippen LogP contribution in [0.15, 0.2) is 109 Å². The van der Waals surface area contributed by atoms with Crippen LogP contribution in [-0.4, -0.2) is 90.5 Å². The fourth-order valence-corrected chi connectivity index (χ4v) is 8.77. The van der Waals surface area contributed by atoms with Crippen molar-refractivity contribution in [2.24, 2.45) is 10.2 Å². The summed E-state index contributed by atoms with van der Waals surface area (Å²) in [7, 11) is -20.9. The summed E-state index contributed by atoms with van der Waals surface area (Å²) in [6.07, 6.45) is 0. The molecule has 27 heteroatoms. The maximum absolute atomic E-state index is 12.8. The molecule has 0 bridgehead atoms. The van der Waals surface area contributed by atoms with Crippen molar-refractivity contribution in [2.75, 3.05) is 29.1 Å². The molecule has 5 rings (SSSR count). The van der Waals surface area contributed by atoms with Crippen molar-refractivity contribution in [3.05, 3.63) is 84.0 Å². The zero-order chi connectivity index (χ0) is 42.8. The number of anilines is 4. The minimum absolute atomic E-state index is 0.102. The number of azo groups is 1. The SMILES string of the molecule is C=CS(=O)(=O)c1cccc(N=Nc2c(S(=O)(=O)O)cc3c(S(=O)(=O)O)ccc(Nc4nc(Cl)nc(N(CC)c5cccc(S(=O)CCOS(=O)(=O)O)c5)n4)c3c2O)c1. The van der Waals surface area contributed by atoms with E-state index in [0.717, 1.165) is 18.2 Å². The van der Waals surface area contributed by atoms with Gasteiger partial charge in [-0.3, -0.25) is 17.9 Å². The highest BCUT2D eigenvalue weighted by Gasteiger charge is 2.28. The van der Waals surface area contributed by atoms with E-state index in [-0.39, 0.29) is 50.6 Å². The van der Waals surface area contributed by atoms with Crippen LogP contribution in [0.5, 0.6) is 5.75 Å². The van der Waals surface area contributed by atoms with Crippen molar-refractivity contribution >= 4 is 108 Å². The number of aromatic hydroxyl groups is 1. The molecule has 1 unspecified atom stereocenters. The number of benzene rings is 4. The lowest BCUT2D eigenvalue weighted by Crippen LogP contribution is -2.20. The first-order chi connectivity index (χ1) is 27.0. The lowest BCUT2D eigenvalue weighted by Gasteiger charge is -2.22. The number of rotatable bonds is 16. The van der Waals surface area contributed by atoms with E-state index in [4.69, 9.17) is 16.2 Å². The number of phenols is 1. The molecular formula is C31H28ClN7O14S5. The van der Waals surface area contributed by atoms with Gasteiger partial charge in [-0.15, -0.1) is 5.11 Å². The first kappa shape index (κ1) is 44.1. The van der Waals surface area contributed by atoms with E-state index in [1.807, 2.05) is 0 Å². The van der Waals surface area contributed by atoms with Crippen LogP contribution in [0.1, 0.15) is 6.92 Å². The molecule has 0 radical (unpaired) electrons. The average molecular weight is 918 g/mol. The van der Waals surface area contributed by atoms with Crippen LogP contribution in [0.3, 0.4) is 0 Å². The summed E-state index contributed by atoms with van der Waals surface area (Å²) in [6, 6.07) is 13.4. The highest BCUT2D eigenvalue weighted by Crippen LogP contribution is 2.46. The van der Waals surface area contributed by atoms with Gasteiger partial charge in [0.15, 0.2) is 15.6 Å². The summed E-state index contributed by atoms with van der Waals surface area (Å²) < 4.78 is 142. The van der Waals surface area contributed by atoms with Gasteiger partial charge in [0.2, 0.25) is 17.2 Å². The number of nitrogens with zero attached hydrogens (tertiary/aromatic N) is 6. The smallest absolute Gasteiger partial charge is 0.397 e. The van der Waals surface area contributed by atoms with Gasteiger partial charge in [0.1, 0.15) is 15.5 Å². The molecule has 0 spiro atoms. The monoisotopic (exact) mass is 917 g/mol. The molecule has 0 aliphatic carbocycles. The number of aromatic nitrogens is 3. The van der Waals surface area contributed by atoms with Crippen molar-refractivity contribution < 1.29 is 60.8 Å². The number of hydrogen-bond donors (Lipinski definition) is 5. The Bertz CT molecular complexity index is 2970. The maximum Gasteiger partial charge on any atom is 0.397 e. The fourth-order valence-electron chi connectivity index (χ4n) is 5.18. The average Bonchev–Trinajstić information content (AvgIpc) is 3.13. The van der Waals surface area contributed by atoms with Gasteiger partial charge in [-0.05, 0) is 73.1 Å². The van der Waals surface area contributed by atoms with Gasteiger partial charge in [0, 0.05) is 27.9 Å². The van der Waals surface area contributed by atoms with Gasteiger partial charge >= 0.3 is 10.4 Å². The highest BCUT2D eigenvalue weighted by atomic mass is 35.5. The molecule has 308 valence electrons. The van der Waals surface area contributed by atoms with E-state index >= 15 is 0 Å². The minimum Gasteiger partial charge on any atom is -0.505 e. The largest absolute Gasteiger partial charge is 0.505 e. The molecule has 5 N–H and O–H groups in total. The van der Waals surface area contributed by atoms with E-state index in [9.17, 15) is 52.1 Å². The van der Waals surface area contributed by atoms with Crippen LogP contribution < -0.4 is 10.2 Å². The number of hydrogen-bond acceptors (Lipinski definition) is 18. The Balaban J connectivity index is 1.62. The third kappa shape index (κ3) is 10.3. The second kappa shape index (κ2) is 17.1. The van der Waals surface area contributed by atoms with Crippen molar-refractivity contribution in [3.63, 3.8) is 0 Å². The topological polar surface area (TPSA) is 322 Å². The molecule has 1 heterocycles. The highest BCUT2D eigenvalue weighted by molar-refractivity contribution is 7.94. The molecule has 0 amide bonds. The van der Waals surface area contributed by atoms with Crippen molar-refractivity contribution in [1.82, 2.24) is 15.0 Å². The molecule has 58 heavy (non-hydrogen) atoms. The van der Waals surface area contributed by atoms with Gasteiger partial charge < -0.3 is 15.3 Å². The van der Waals surface area contributed by atoms with Crippen molar-refractivity contribution in [3.8, 4) is 5.75 Å². The number of sulfone groups is 1. The third-order valence-electron chi connectivity index (χ3n) is 7.66. The van der Waals surface area contributed by atoms with E-state index in [2.05, 4.69) is 41.3 Å². The van der Waals surface area contributed by atoms with Gasteiger partial charge in [0.25, 0.3) is 20.2 Å². The Morgan fingerprint density at radius 3 is 2.22 bits per heavy atom. The molecule has 1 aromatic heterocycles. The van der Waals surface area contributed by atoms with Gasteiger partial charge in [-0.25, -0.2) is 12.6 Å². The Kier molecular flexibility index (Phi) is 13.0. The summed E-state index contributed by atoms with van der Waals surface area (Å²) in [5.74, 6) is -1.83. The lowest BCUT2D eigenvalue weighted by atomic mass is 10.1. The first-order valence-corrected chi connectivity index (χ1v) is 23.2. The zero-order valence-electron chi connectivity index (χ0n) is 29.2. The van der Waals surface area contributed by atoms with E-state index in [1.54, 1.807) is 13.0 Å². The van der Waals surface area contributed by atoms with Crippen LogP contribution >= 0.6 is 11.6 Å². The normalized spacial score (nSPS) is 13.1. The quantitative estimate of drug-likeness (QED) is 0.0639. The molecule has 1 atom stereocenters. The molecule has 5 aromatic rings. The number of halogens is 1. The lowest BCUT2D eigenvalue weighted by molar-refractivity contribution is 0.284. The van der Waals surface area contributed by atoms with E-state index in [0.29, 0.717) is 17.2 Å². The predicted molar refractivity (Wildman–Crippen MR) is 209 cm³/mol. The van der Waals surface area contributed by atoms with E-state index < -0.39 is 89.9 Å². The molecule has 0 fully saturated rings. The van der Waals surface area contributed by atoms with Crippen LogP contribution in [0, 0.1) is 0 Å². The zero-order valence-corrected chi connectivity index (χ0v) is 34.1. The Hall–Kier alpha value is -5.03. The van der Waals surface area contributed by atoms with Gasteiger partial charge in [0.05, 0.1) is 44.8 Å². The summed E-state index contributed by atoms with van der Waals surface area (Å²) in [5.41, 5.74) is -0.961.